The third kappa shape index (κ3) is 3.87. The van der Waals surface area contributed by atoms with E-state index in [0.717, 1.165) is 26.1 Å². The molecule has 0 aromatic heterocycles. The van der Waals surface area contributed by atoms with Crippen molar-refractivity contribution in [3.05, 3.63) is 35.4 Å². The van der Waals surface area contributed by atoms with Crippen LogP contribution in [0.25, 0.3) is 0 Å². The number of carboxylic acids is 1. The SMILES string of the molecule is CC[C@@]1(C(=O)O)CCCN(C(=O)c2ccc(CN3CCCC3)cc2)C1. The van der Waals surface area contributed by atoms with Gasteiger partial charge in [0.1, 0.15) is 0 Å². The molecule has 0 saturated carbocycles. The summed E-state index contributed by atoms with van der Waals surface area (Å²) in [7, 11) is 0. The van der Waals surface area contributed by atoms with Gasteiger partial charge in [-0.3, -0.25) is 14.5 Å². The molecule has 1 aromatic rings. The minimum absolute atomic E-state index is 0.0495. The second-order valence-electron chi connectivity index (χ2n) is 7.45. The minimum atomic E-state index is -0.788. The molecule has 1 atom stereocenters. The summed E-state index contributed by atoms with van der Waals surface area (Å²) in [5, 5.41) is 9.59. The van der Waals surface area contributed by atoms with E-state index in [-0.39, 0.29) is 5.91 Å². The van der Waals surface area contributed by atoms with E-state index >= 15 is 0 Å². The van der Waals surface area contributed by atoms with Crippen LogP contribution in [-0.4, -0.2) is 53.0 Å². The van der Waals surface area contributed by atoms with Gasteiger partial charge in [0.25, 0.3) is 5.91 Å². The van der Waals surface area contributed by atoms with Crippen molar-refractivity contribution in [1.82, 2.24) is 9.80 Å². The third-order valence-corrected chi connectivity index (χ3v) is 5.80. The van der Waals surface area contributed by atoms with Crippen LogP contribution in [0.5, 0.6) is 0 Å². The van der Waals surface area contributed by atoms with Gasteiger partial charge in [-0.25, -0.2) is 0 Å². The Hall–Kier alpha value is -1.88. The Kier molecular flexibility index (Phi) is 5.42. The van der Waals surface area contributed by atoms with E-state index in [9.17, 15) is 14.7 Å². The van der Waals surface area contributed by atoms with E-state index in [1.165, 1.54) is 18.4 Å². The number of likely N-dealkylation sites (tertiary alicyclic amines) is 2. The molecule has 25 heavy (non-hydrogen) atoms. The topological polar surface area (TPSA) is 60.9 Å². The molecule has 136 valence electrons. The predicted octanol–water partition coefficient (Wildman–Crippen LogP) is 3.00. The summed E-state index contributed by atoms with van der Waals surface area (Å²) in [5.41, 5.74) is 1.09. The number of amides is 1. The fourth-order valence-electron chi connectivity index (χ4n) is 4.05. The number of aliphatic carboxylic acids is 1. The lowest BCUT2D eigenvalue weighted by atomic mass is 9.77. The average Bonchev–Trinajstić information content (AvgIpc) is 3.14. The van der Waals surface area contributed by atoms with E-state index in [4.69, 9.17) is 0 Å². The van der Waals surface area contributed by atoms with Crippen LogP contribution < -0.4 is 0 Å². The molecule has 0 spiro atoms. The van der Waals surface area contributed by atoms with Crippen molar-refractivity contribution in [3.8, 4) is 0 Å². The summed E-state index contributed by atoms with van der Waals surface area (Å²) in [5.74, 6) is -0.833. The first-order chi connectivity index (χ1) is 12.0. The summed E-state index contributed by atoms with van der Waals surface area (Å²) >= 11 is 0. The molecule has 2 aliphatic rings. The molecule has 2 fully saturated rings. The highest BCUT2D eigenvalue weighted by Crippen LogP contribution is 2.34. The normalized spacial score (nSPS) is 24.4. The van der Waals surface area contributed by atoms with Crippen molar-refractivity contribution in [3.63, 3.8) is 0 Å². The smallest absolute Gasteiger partial charge is 0.311 e. The van der Waals surface area contributed by atoms with Crippen LogP contribution in [0.4, 0.5) is 0 Å². The molecule has 0 bridgehead atoms. The Bertz CT molecular complexity index is 622. The lowest BCUT2D eigenvalue weighted by molar-refractivity contribution is -0.152. The number of carboxylic acid groups (broad SMARTS) is 1. The van der Waals surface area contributed by atoms with Crippen molar-refractivity contribution >= 4 is 11.9 Å². The number of piperidine rings is 1. The first-order valence-corrected chi connectivity index (χ1v) is 9.38. The summed E-state index contributed by atoms with van der Waals surface area (Å²) in [6.45, 7) is 6.10. The predicted molar refractivity (Wildman–Crippen MR) is 96.5 cm³/mol. The van der Waals surface area contributed by atoms with Gasteiger partial charge < -0.3 is 10.0 Å². The van der Waals surface area contributed by atoms with Crippen LogP contribution in [0.3, 0.4) is 0 Å². The van der Waals surface area contributed by atoms with Gasteiger partial charge in [-0.15, -0.1) is 0 Å². The number of nitrogens with zero attached hydrogens (tertiary/aromatic N) is 2. The molecule has 0 radical (unpaired) electrons. The fraction of sp³-hybridized carbons (Fsp3) is 0.600. The molecule has 0 unspecified atom stereocenters. The van der Waals surface area contributed by atoms with Gasteiger partial charge in [0, 0.05) is 25.2 Å². The second-order valence-corrected chi connectivity index (χ2v) is 7.45. The molecular formula is C20H28N2O3. The maximum Gasteiger partial charge on any atom is 0.311 e. The number of hydrogen-bond donors (Lipinski definition) is 1. The molecule has 5 nitrogen and oxygen atoms in total. The zero-order valence-electron chi connectivity index (χ0n) is 15.0. The zero-order chi connectivity index (χ0) is 17.9. The van der Waals surface area contributed by atoms with E-state index in [0.29, 0.717) is 31.5 Å². The highest BCUT2D eigenvalue weighted by Gasteiger charge is 2.42. The molecule has 1 amide bonds. The number of rotatable bonds is 5. The van der Waals surface area contributed by atoms with Crippen molar-refractivity contribution in [2.45, 2.75) is 45.6 Å². The van der Waals surface area contributed by atoms with E-state index in [1.807, 2.05) is 31.2 Å². The number of benzene rings is 1. The first-order valence-electron chi connectivity index (χ1n) is 9.38. The van der Waals surface area contributed by atoms with Gasteiger partial charge in [-0.1, -0.05) is 19.1 Å². The van der Waals surface area contributed by atoms with E-state index < -0.39 is 11.4 Å². The highest BCUT2D eigenvalue weighted by molar-refractivity contribution is 5.94. The first kappa shape index (κ1) is 17.9. The maximum atomic E-state index is 12.8. The van der Waals surface area contributed by atoms with Crippen molar-refractivity contribution in [2.24, 2.45) is 5.41 Å². The molecule has 2 aliphatic heterocycles. The molecule has 5 heteroatoms. The fourth-order valence-corrected chi connectivity index (χ4v) is 4.05. The van der Waals surface area contributed by atoms with Gasteiger partial charge in [-0.05, 0) is 62.9 Å². The monoisotopic (exact) mass is 344 g/mol. The Balaban J connectivity index is 1.66. The van der Waals surface area contributed by atoms with Crippen molar-refractivity contribution in [1.29, 1.82) is 0 Å². The van der Waals surface area contributed by atoms with Gasteiger partial charge in [0.2, 0.25) is 0 Å². The van der Waals surface area contributed by atoms with Gasteiger partial charge in [0.05, 0.1) is 5.41 Å². The Morgan fingerprint density at radius 3 is 2.36 bits per heavy atom. The maximum absolute atomic E-state index is 12.8. The van der Waals surface area contributed by atoms with Crippen LogP contribution in [0.2, 0.25) is 0 Å². The minimum Gasteiger partial charge on any atom is -0.481 e. The Labute approximate surface area is 149 Å². The molecule has 3 rings (SSSR count). The summed E-state index contributed by atoms with van der Waals surface area (Å²) in [6, 6.07) is 7.83. The quantitative estimate of drug-likeness (QED) is 0.892. The number of carbonyl (C=O) groups excluding carboxylic acids is 1. The molecule has 2 saturated heterocycles. The molecule has 2 heterocycles. The van der Waals surface area contributed by atoms with E-state index in [1.54, 1.807) is 4.90 Å². The lowest BCUT2D eigenvalue weighted by Crippen LogP contribution is -2.49. The molecule has 0 aliphatic carbocycles. The largest absolute Gasteiger partial charge is 0.481 e. The molecular weight excluding hydrogens is 316 g/mol. The van der Waals surface area contributed by atoms with Gasteiger partial charge in [0.15, 0.2) is 0 Å². The van der Waals surface area contributed by atoms with Gasteiger partial charge >= 0.3 is 5.97 Å². The zero-order valence-corrected chi connectivity index (χ0v) is 15.0. The van der Waals surface area contributed by atoms with Crippen LogP contribution >= 0.6 is 0 Å². The van der Waals surface area contributed by atoms with Crippen LogP contribution in [-0.2, 0) is 11.3 Å². The molecule has 1 N–H and O–H groups in total. The third-order valence-electron chi connectivity index (χ3n) is 5.80. The Morgan fingerprint density at radius 1 is 1.08 bits per heavy atom. The molecule has 1 aromatic carbocycles. The van der Waals surface area contributed by atoms with Crippen LogP contribution in [0.15, 0.2) is 24.3 Å². The van der Waals surface area contributed by atoms with Crippen LogP contribution in [0.1, 0.15) is 54.9 Å². The van der Waals surface area contributed by atoms with Gasteiger partial charge in [-0.2, -0.15) is 0 Å². The standard InChI is InChI=1S/C20H28N2O3/c1-2-20(19(24)25)10-5-13-22(15-20)18(23)17-8-6-16(7-9-17)14-21-11-3-4-12-21/h6-9H,2-5,10-15H2,1H3,(H,24,25)/t20-/m1/s1. The highest BCUT2D eigenvalue weighted by atomic mass is 16.4. The number of carbonyl (C=O) groups is 2. The summed E-state index contributed by atoms with van der Waals surface area (Å²) in [4.78, 5) is 28.6. The average molecular weight is 344 g/mol. The Morgan fingerprint density at radius 2 is 1.76 bits per heavy atom. The second kappa shape index (κ2) is 7.56. The summed E-state index contributed by atoms with van der Waals surface area (Å²) < 4.78 is 0. The number of hydrogen-bond acceptors (Lipinski definition) is 3. The van der Waals surface area contributed by atoms with Crippen LogP contribution in [0, 0.1) is 5.41 Å². The van der Waals surface area contributed by atoms with Crippen molar-refractivity contribution < 1.29 is 14.7 Å². The van der Waals surface area contributed by atoms with Crippen molar-refractivity contribution in [2.75, 3.05) is 26.2 Å². The van der Waals surface area contributed by atoms with E-state index in [2.05, 4.69) is 4.90 Å². The lowest BCUT2D eigenvalue weighted by Gasteiger charge is -2.39. The summed E-state index contributed by atoms with van der Waals surface area (Å²) in [6.07, 6.45) is 4.50.